The van der Waals surface area contributed by atoms with Crippen LogP contribution in [0, 0.1) is 9.39 Å². The van der Waals surface area contributed by atoms with Crippen LogP contribution in [0.25, 0.3) is 0 Å². The van der Waals surface area contributed by atoms with Crippen molar-refractivity contribution in [3.63, 3.8) is 0 Å². The van der Waals surface area contributed by atoms with E-state index in [1.54, 1.807) is 25.2 Å². The molecule has 6 heteroatoms. The summed E-state index contributed by atoms with van der Waals surface area (Å²) < 4.78 is 14.9. The van der Waals surface area contributed by atoms with Crippen molar-refractivity contribution in [2.75, 3.05) is 17.7 Å². The predicted octanol–water partition coefficient (Wildman–Crippen LogP) is 4.11. The van der Waals surface area contributed by atoms with E-state index in [1.807, 2.05) is 12.1 Å². The Bertz CT molecular complexity index is 747. The molecular weight excluding hydrogens is 408 g/mol. The van der Waals surface area contributed by atoms with E-state index in [4.69, 9.17) is 0 Å². The molecule has 23 heavy (non-hydrogen) atoms. The lowest BCUT2D eigenvalue weighted by Gasteiger charge is -2.14. The molecule has 0 spiro atoms. The second kappa shape index (κ2) is 6.74. The Balaban J connectivity index is 1.92. The highest BCUT2D eigenvalue weighted by Crippen LogP contribution is 2.28. The number of hydrogen-bond acceptors (Lipinski definition) is 3. The van der Waals surface area contributed by atoms with Crippen molar-refractivity contribution in [3.05, 3.63) is 51.3 Å². The molecule has 1 aliphatic carbocycles. The molecule has 0 unspecified atom stereocenters. The van der Waals surface area contributed by atoms with Gasteiger partial charge in [-0.05, 0) is 71.8 Å². The summed E-state index contributed by atoms with van der Waals surface area (Å²) in [5.41, 5.74) is 2.28. The number of rotatable bonds is 5. The molecule has 0 aromatic heterocycles. The van der Waals surface area contributed by atoms with Crippen molar-refractivity contribution in [1.29, 1.82) is 0 Å². The number of amides is 1. The maximum absolute atomic E-state index is 14.1. The molecule has 0 radical (unpaired) electrons. The summed E-state index contributed by atoms with van der Waals surface area (Å²) in [6.07, 6.45) is 2.05. The summed E-state index contributed by atoms with van der Waals surface area (Å²) in [4.78, 5) is 12.4. The number of hydrogen-bond donors (Lipinski definition) is 3. The first-order valence-electron chi connectivity index (χ1n) is 7.41. The zero-order valence-electron chi connectivity index (χ0n) is 12.6. The van der Waals surface area contributed by atoms with Crippen molar-refractivity contribution < 1.29 is 9.18 Å². The average molecular weight is 425 g/mol. The Labute approximate surface area is 148 Å². The van der Waals surface area contributed by atoms with Gasteiger partial charge in [0.25, 0.3) is 5.91 Å². The summed E-state index contributed by atoms with van der Waals surface area (Å²) in [5, 5.41) is 9.03. The first-order valence-corrected chi connectivity index (χ1v) is 8.49. The molecule has 0 bridgehead atoms. The monoisotopic (exact) mass is 425 g/mol. The second-order valence-electron chi connectivity index (χ2n) is 5.51. The number of halogens is 2. The van der Waals surface area contributed by atoms with Crippen LogP contribution >= 0.6 is 22.6 Å². The normalized spacial score (nSPS) is 13.5. The third-order valence-corrected chi connectivity index (χ3v) is 4.34. The Kier molecular flexibility index (Phi) is 4.70. The Hall–Kier alpha value is -1.83. The van der Waals surface area contributed by atoms with E-state index in [9.17, 15) is 9.18 Å². The maximum Gasteiger partial charge on any atom is 0.253 e. The van der Waals surface area contributed by atoms with Gasteiger partial charge in [0.2, 0.25) is 0 Å². The molecular formula is C17H17FIN3O. The van der Waals surface area contributed by atoms with Crippen LogP contribution in [0.4, 0.5) is 21.5 Å². The van der Waals surface area contributed by atoms with Crippen LogP contribution in [0.15, 0.2) is 36.4 Å². The van der Waals surface area contributed by atoms with Gasteiger partial charge in [-0.3, -0.25) is 4.79 Å². The molecule has 1 amide bonds. The molecule has 1 aliphatic rings. The molecule has 3 rings (SSSR count). The fraction of sp³-hybridized carbons (Fsp3) is 0.235. The standard InChI is InChI=1S/C17H17FIN3O/c1-20-12-5-6-13(17(23)21-11-3-4-11)16(9-12)22-15-7-2-10(19)8-14(15)18/h2,5-9,11,20,22H,3-4H2,1H3,(H,21,23). The molecule has 0 aliphatic heterocycles. The van der Waals surface area contributed by atoms with Gasteiger partial charge in [-0.1, -0.05) is 0 Å². The van der Waals surface area contributed by atoms with E-state index in [-0.39, 0.29) is 17.8 Å². The van der Waals surface area contributed by atoms with Crippen molar-refractivity contribution in [1.82, 2.24) is 5.32 Å². The number of carbonyl (C=O) groups is 1. The topological polar surface area (TPSA) is 53.2 Å². The summed E-state index contributed by atoms with van der Waals surface area (Å²) >= 11 is 2.06. The number of benzene rings is 2. The van der Waals surface area contributed by atoms with Gasteiger partial charge in [-0.2, -0.15) is 0 Å². The van der Waals surface area contributed by atoms with Gasteiger partial charge in [0.05, 0.1) is 16.9 Å². The third kappa shape index (κ3) is 3.93. The predicted molar refractivity (Wildman–Crippen MR) is 98.9 cm³/mol. The molecule has 0 heterocycles. The summed E-state index contributed by atoms with van der Waals surface area (Å²) in [6.45, 7) is 0. The van der Waals surface area contributed by atoms with Gasteiger partial charge in [0.15, 0.2) is 0 Å². The molecule has 3 N–H and O–H groups in total. The Morgan fingerprint density at radius 3 is 2.61 bits per heavy atom. The molecule has 0 saturated heterocycles. The van der Waals surface area contributed by atoms with Crippen LogP contribution in [0.2, 0.25) is 0 Å². The van der Waals surface area contributed by atoms with Crippen molar-refractivity contribution in [3.8, 4) is 0 Å². The highest BCUT2D eigenvalue weighted by Gasteiger charge is 2.25. The van der Waals surface area contributed by atoms with E-state index in [2.05, 4.69) is 38.5 Å². The second-order valence-corrected chi connectivity index (χ2v) is 6.75. The molecule has 1 fully saturated rings. The quantitative estimate of drug-likeness (QED) is 0.633. The van der Waals surface area contributed by atoms with E-state index in [1.165, 1.54) is 6.07 Å². The minimum Gasteiger partial charge on any atom is -0.388 e. The van der Waals surface area contributed by atoms with Crippen molar-refractivity contribution in [2.45, 2.75) is 18.9 Å². The number of carbonyl (C=O) groups excluding carboxylic acids is 1. The Morgan fingerprint density at radius 1 is 1.17 bits per heavy atom. The van der Waals surface area contributed by atoms with Gasteiger partial charge < -0.3 is 16.0 Å². The number of anilines is 3. The average Bonchev–Trinajstić information content (AvgIpc) is 3.33. The molecule has 0 atom stereocenters. The fourth-order valence-electron chi connectivity index (χ4n) is 2.23. The van der Waals surface area contributed by atoms with Crippen LogP contribution in [0.1, 0.15) is 23.2 Å². The first-order chi connectivity index (χ1) is 11.1. The molecule has 4 nitrogen and oxygen atoms in total. The largest absolute Gasteiger partial charge is 0.388 e. The smallest absolute Gasteiger partial charge is 0.253 e. The third-order valence-electron chi connectivity index (χ3n) is 3.67. The maximum atomic E-state index is 14.1. The van der Waals surface area contributed by atoms with Gasteiger partial charge in [0, 0.05) is 22.3 Å². The van der Waals surface area contributed by atoms with Crippen LogP contribution < -0.4 is 16.0 Å². The lowest BCUT2D eigenvalue weighted by Crippen LogP contribution is -2.26. The number of nitrogens with one attached hydrogen (secondary N) is 3. The van der Waals surface area contributed by atoms with Crippen LogP contribution in [-0.2, 0) is 0 Å². The van der Waals surface area contributed by atoms with Crippen LogP contribution in [0.3, 0.4) is 0 Å². The van der Waals surface area contributed by atoms with Gasteiger partial charge in [-0.15, -0.1) is 0 Å². The van der Waals surface area contributed by atoms with Gasteiger partial charge in [-0.25, -0.2) is 4.39 Å². The molecule has 2 aromatic carbocycles. The zero-order chi connectivity index (χ0) is 16.4. The minimum absolute atomic E-state index is 0.136. The lowest BCUT2D eigenvalue weighted by atomic mass is 10.1. The highest BCUT2D eigenvalue weighted by molar-refractivity contribution is 14.1. The van der Waals surface area contributed by atoms with Crippen molar-refractivity contribution in [2.24, 2.45) is 0 Å². The fourth-order valence-corrected chi connectivity index (χ4v) is 2.68. The van der Waals surface area contributed by atoms with E-state index >= 15 is 0 Å². The SMILES string of the molecule is CNc1ccc(C(=O)NC2CC2)c(Nc2ccc(I)cc2F)c1. The van der Waals surface area contributed by atoms with E-state index < -0.39 is 0 Å². The first kappa shape index (κ1) is 16.0. The van der Waals surface area contributed by atoms with Gasteiger partial charge in [0.1, 0.15) is 5.82 Å². The van der Waals surface area contributed by atoms with Gasteiger partial charge >= 0.3 is 0 Å². The summed E-state index contributed by atoms with van der Waals surface area (Å²) in [5.74, 6) is -0.483. The van der Waals surface area contributed by atoms with E-state index in [0.29, 0.717) is 16.9 Å². The van der Waals surface area contributed by atoms with Crippen LogP contribution in [-0.4, -0.2) is 19.0 Å². The van der Waals surface area contributed by atoms with Crippen molar-refractivity contribution >= 4 is 45.6 Å². The summed E-state index contributed by atoms with van der Waals surface area (Å²) in [6, 6.07) is 10.6. The molecule has 120 valence electrons. The lowest BCUT2D eigenvalue weighted by molar-refractivity contribution is 0.0952. The molecule has 1 saturated carbocycles. The summed E-state index contributed by atoms with van der Waals surface area (Å²) in [7, 11) is 1.80. The van der Waals surface area contributed by atoms with Crippen LogP contribution in [0.5, 0.6) is 0 Å². The Morgan fingerprint density at radius 2 is 1.96 bits per heavy atom. The highest BCUT2D eigenvalue weighted by atomic mass is 127. The zero-order valence-corrected chi connectivity index (χ0v) is 14.8. The van der Waals surface area contributed by atoms with E-state index in [0.717, 1.165) is 22.1 Å². The molecule has 2 aromatic rings. The minimum atomic E-state index is -0.347.